The number of nitrogens with zero attached hydrogens (tertiary/aromatic N) is 2. The number of nitrogen functional groups attached to an aromatic ring is 1. The van der Waals surface area contributed by atoms with Crippen LogP contribution >= 0.6 is 0 Å². The Morgan fingerprint density at radius 1 is 1.43 bits per heavy atom. The number of amides is 2. The summed E-state index contributed by atoms with van der Waals surface area (Å²) in [5.41, 5.74) is 6.79. The van der Waals surface area contributed by atoms with Gasteiger partial charge in [-0.2, -0.15) is 0 Å². The van der Waals surface area contributed by atoms with Gasteiger partial charge in [0.25, 0.3) is 5.91 Å². The maximum atomic E-state index is 12.8. The highest BCUT2D eigenvalue weighted by Gasteiger charge is 2.30. The van der Waals surface area contributed by atoms with Gasteiger partial charge in [-0.1, -0.05) is 6.08 Å². The molecule has 1 aromatic rings. The van der Waals surface area contributed by atoms with Gasteiger partial charge in [-0.05, 0) is 25.1 Å². The summed E-state index contributed by atoms with van der Waals surface area (Å²) >= 11 is 0. The van der Waals surface area contributed by atoms with Crippen molar-refractivity contribution in [3.05, 3.63) is 36.4 Å². The number of carbonyl (C=O) groups is 2. The van der Waals surface area contributed by atoms with E-state index in [1.54, 1.807) is 41.2 Å². The van der Waals surface area contributed by atoms with Crippen molar-refractivity contribution in [2.24, 2.45) is 0 Å². The topological polar surface area (TPSA) is 75.9 Å². The summed E-state index contributed by atoms with van der Waals surface area (Å²) in [4.78, 5) is 28.2. The number of methoxy groups -OCH3 is 1. The number of piperazine rings is 1. The average molecular weight is 317 g/mol. The Kier molecular flexibility index (Phi) is 5.26. The highest BCUT2D eigenvalue weighted by atomic mass is 16.5. The second kappa shape index (κ2) is 7.17. The van der Waals surface area contributed by atoms with Crippen LogP contribution in [0.1, 0.15) is 23.7 Å². The zero-order valence-corrected chi connectivity index (χ0v) is 13.6. The second-order valence-electron chi connectivity index (χ2n) is 5.63. The molecule has 1 aliphatic heterocycles. The van der Waals surface area contributed by atoms with E-state index in [0.29, 0.717) is 43.1 Å². The van der Waals surface area contributed by atoms with Crippen molar-refractivity contribution in [1.82, 2.24) is 9.80 Å². The summed E-state index contributed by atoms with van der Waals surface area (Å²) in [6.07, 6.45) is 1.92. The largest absolute Gasteiger partial charge is 0.497 e. The molecule has 0 saturated carbocycles. The standard InChI is InChI=1S/C17H23N3O3/c1-4-5-16(21)19-8-9-20(12(2)11-19)17(22)14-10-13(23-3)6-7-15(14)18/h4,6-7,10,12H,1,5,8-9,11,18H2,2-3H3/t12-/m1/s1. The third-order valence-corrected chi connectivity index (χ3v) is 4.05. The van der Waals surface area contributed by atoms with E-state index < -0.39 is 0 Å². The molecule has 6 nitrogen and oxygen atoms in total. The maximum Gasteiger partial charge on any atom is 0.256 e. The van der Waals surface area contributed by atoms with Gasteiger partial charge in [-0.25, -0.2) is 0 Å². The maximum absolute atomic E-state index is 12.8. The minimum atomic E-state index is -0.135. The number of benzene rings is 1. The van der Waals surface area contributed by atoms with Gasteiger partial charge in [0, 0.05) is 37.8 Å². The van der Waals surface area contributed by atoms with Gasteiger partial charge in [-0.15, -0.1) is 6.58 Å². The molecule has 0 radical (unpaired) electrons. The quantitative estimate of drug-likeness (QED) is 0.675. The summed E-state index contributed by atoms with van der Waals surface area (Å²) in [6.45, 7) is 7.04. The zero-order valence-electron chi connectivity index (χ0n) is 13.6. The predicted octanol–water partition coefficient (Wildman–Crippen LogP) is 1.53. The fourth-order valence-electron chi connectivity index (χ4n) is 2.74. The first kappa shape index (κ1) is 16.9. The summed E-state index contributed by atoms with van der Waals surface area (Å²) in [5, 5.41) is 0. The third-order valence-electron chi connectivity index (χ3n) is 4.05. The molecule has 23 heavy (non-hydrogen) atoms. The Bertz CT molecular complexity index is 615. The molecule has 1 fully saturated rings. The molecule has 2 rings (SSSR count). The summed E-state index contributed by atoms with van der Waals surface area (Å²) in [6, 6.07) is 4.97. The molecule has 2 N–H and O–H groups in total. The number of rotatable bonds is 4. The first-order valence-electron chi connectivity index (χ1n) is 7.61. The van der Waals surface area contributed by atoms with E-state index >= 15 is 0 Å². The summed E-state index contributed by atoms with van der Waals surface area (Å²) in [5.74, 6) is 0.500. The van der Waals surface area contributed by atoms with E-state index in [2.05, 4.69) is 6.58 Å². The Labute approximate surface area is 136 Å². The van der Waals surface area contributed by atoms with Crippen molar-refractivity contribution in [3.8, 4) is 5.75 Å². The van der Waals surface area contributed by atoms with Gasteiger partial charge in [0.15, 0.2) is 0 Å². The van der Waals surface area contributed by atoms with Gasteiger partial charge >= 0.3 is 0 Å². The number of ether oxygens (including phenoxy) is 1. The van der Waals surface area contributed by atoms with E-state index in [0.717, 1.165) is 0 Å². The minimum Gasteiger partial charge on any atom is -0.497 e. The van der Waals surface area contributed by atoms with E-state index in [1.165, 1.54) is 0 Å². The van der Waals surface area contributed by atoms with Crippen molar-refractivity contribution >= 4 is 17.5 Å². The Hall–Kier alpha value is -2.50. The van der Waals surface area contributed by atoms with Crippen molar-refractivity contribution in [1.29, 1.82) is 0 Å². The molecule has 1 saturated heterocycles. The van der Waals surface area contributed by atoms with Crippen LogP contribution in [0.4, 0.5) is 5.69 Å². The number of carbonyl (C=O) groups excluding carboxylic acids is 2. The molecule has 2 amide bonds. The lowest BCUT2D eigenvalue weighted by molar-refractivity contribution is -0.132. The molecular weight excluding hydrogens is 294 g/mol. The highest BCUT2D eigenvalue weighted by molar-refractivity contribution is 6.00. The van der Waals surface area contributed by atoms with Crippen molar-refractivity contribution in [2.45, 2.75) is 19.4 Å². The molecular formula is C17H23N3O3. The number of anilines is 1. The monoisotopic (exact) mass is 317 g/mol. The van der Waals surface area contributed by atoms with E-state index in [1.807, 2.05) is 6.92 Å². The molecule has 0 bridgehead atoms. The van der Waals surface area contributed by atoms with Gasteiger partial charge in [0.1, 0.15) is 5.75 Å². The van der Waals surface area contributed by atoms with Crippen molar-refractivity contribution < 1.29 is 14.3 Å². The molecule has 0 aromatic heterocycles. The molecule has 1 heterocycles. The molecule has 0 unspecified atom stereocenters. The average Bonchev–Trinajstić information content (AvgIpc) is 2.55. The van der Waals surface area contributed by atoms with Crippen LogP contribution < -0.4 is 10.5 Å². The van der Waals surface area contributed by atoms with Gasteiger partial charge in [-0.3, -0.25) is 9.59 Å². The fraction of sp³-hybridized carbons (Fsp3) is 0.412. The summed E-state index contributed by atoms with van der Waals surface area (Å²) in [7, 11) is 1.55. The third kappa shape index (κ3) is 3.64. The minimum absolute atomic E-state index is 0.0415. The Morgan fingerprint density at radius 3 is 2.78 bits per heavy atom. The molecule has 0 aliphatic carbocycles. The number of hydrogen-bond donors (Lipinski definition) is 1. The van der Waals surface area contributed by atoms with E-state index in [-0.39, 0.29) is 17.9 Å². The second-order valence-corrected chi connectivity index (χ2v) is 5.63. The highest BCUT2D eigenvalue weighted by Crippen LogP contribution is 2.23. The smallest absolute Gasteiger partial charge is 0.256 e. The first-order chi connectivity index (χ1) is 11.0. The molecule has 124 valence electrons. The van der Waals surface area contributed by atoms with Crippen LogP contribution in [0.25, 0.3) is 0 Å². The first-order valence-corrected chi connectivity index (χ1v) is 7.61. The van der Waals surface area contributed by atoms with Crippen LogP contribution in [0, 0.1) is 0 Å². The van der Waals surface area contributed by atoms with Gasteiger partial charge in [0.05, 0.1) is 12.7 Å². The van der Waals surface area contributed by atoms with Gasteiger partial charge < -0.3 is 20.3 Å². The lowest BCUT2D eigenvalue weighted by Crippen LogP contribution is -2.55. The van der Waals surface area contributed by atoms with Gasteiger partial charge in [0.2, 0.25) is 5.91 Å². The lowest BCUT2D eigenvalue weighted by atomic mass is 10.1. The fourth-order valence-corrected chi connectivity index (χ4v) is 2.74. The van der Waals surface area contributed by atoms with Crippen LogP contribution in [0.2, 0.25) is 0 Å². The normalized spacial score (nSPS) is 17.7. The van der Waals surface area contributed by atoms with Crippen LogP contribution in [0.15, 0.2) is 30.9 Å². The number of nitrogens with two attached hydrogens (primary N) is 1. The Morgan fingerprint density at radius 2 is 2.17 bits per heavy atom. The zero-order chi connectivity index (χ0) is 17.0. The molecule has 1 atom stereocenters. The number of hydrogen-bond acceptors (Lipinski definition) is 4. The van der Waals surface area contributed by atoms with Crippen molar-refractivity contribution in [3.63, 3.8) is 0 Å². The van der Waals surface area contributed by atoms with Crippen LogP contribution in [0.5, 0.6) is 5.75 Å². The summed E-state index contributed by atoms with van der Waals surface area (Å²) < 4.78 is 5.16. The molecule has 6 heteroatoms. The van der Waals surface area contributed by atoms with Crippen LogP contribution in [0.3, 0.4) is 0 Å². The van der Waals surface area contributed by atoms with Crippen LogP contribution in [-0.2, 0) is 4.79 Å². The van der Waals surface area contributed by atoms with Crippen molar-refractivity contribution in [2.75, 3.05) is 32.5 Å². The van der Waals surface area contributed by atoms with Crippen LogP contribution in [-0.4, -0.2) is 54.4 Å². The molecule has 1 aliphatic rings. The predicted molar refractivity (Wildman–Crippen MR) is 89.3 cm³/mol. The van der Waals surface area contributed by atoms with E-state index in [9.17, 15) is 9.59 Å². The van der Waals surface area contributed by atoms with E-state index in [4.69, 9.17) is 10.5 Å². The SMILES string of the molecule is C=CCC(=O)N1CCN(C(=O)c2cc(OC)ccc2N)[C@H](C)C1. The lowest BCUT2D eigenvalue weighted by Gasteiger charge is -2.40. The Balaban J connectivity index is 2.12. The molecule has 0 spiro atoms. The molecule has 1 aromatic carbocycles.